The van der Waals surface area contributed by atoms with Crippen molar-refractivity contribution in [3.8, 4) is 0 Å². The molecule has 1 saturated heterocycles. The fraction of sp³-hybridized carbons (Fsp3) is 0.588. The lowest BCUT2D eigenvalue weighted by Crippen LogP contribution is -2.48. The molecule has 0 spiro atoms. The van der Waals surface area contributed by atoms with Crippen LogP contribution in [-0.2, 0) is 11.2 Å². The van der Waals surface area contributed by atoms with Crippen LogP contribution in [0.3, 0.4) is 0 Å². The van der Waals surface area contributed by atoms with Gasteiger partial charge in [0.25, 0.3) is 0 Å². The second kappa shape index (κ2) is 7.95. The van der Waals surface area contributed by atoms with Crippen LogP contribution in [0.25, 0.3) is 0 Å². The second-order valence-corrected chi connectivity index (χ2v) is 6.97. The Morgan fingerprint density at radius 2 is 2.05 bits per heavy atom. The Kier molecular flexibility index (Phi) is 6.24. The molecule has 2 atom stereocenters. The number of hydrogen-bond donors (Lipinski definition) is 1. The Morgan fingerprint density at radius 3 is 2.71 bits per heavy atom. The molecule has 3 nitrogen and oxygen atoms in total. The maximum absolute atomic E-state index is 12.3. The Balaban J connectivity index is 1.68. The Bertz CT molecular complexity index is 460. The fourth-order valence-corrected chi connectivity index (χ4v) is 3.24. The summed E-state index contributed by atoms with van der Waals surface area (Å²) in [5.74, 6) is 0.296. The van der Waals surface area contributed by atoms with Gasteiger partial charge < -0.3 is 10.6 Å². The molecule has 21 heavy (non-hydrogen) atoms. The first kappa shape index (κ1) is 16.5. The molecular formula is C17H25BrN2O. The summed E-state index contributed by atoms with van der Waals surface area (Å²) in [6, 6.07) is 8.98. The van der Waals surface area contributed by atoms with E-state index in [-0.39, 0.29) is 6.04 Å². The van der Waals surface area contributed by atoms with Gasteiger partial charge in [0, 0.05) is 29.5 Å². The molecule has 2 rings (SSSR count). The number of carbonyl (C=O) groups excluding carboxylic acids is 1. The van der Waals surface area contributed by atoms with Gasteiger partial charge in [-0.2, -0.15) is 0 Å². The minimum atomic E-state index is 0.265. The normalized spacial score (nSPS) is 22.3. The summed E-state index contributed by atoms with van der Waals surface area (Å²) >= 11 is 3.44. The fourth-order valence-electron chi connectivity index (χ4n) is 2.98. The molecule has 1 heterocycles. The molecule has 0 bridgehead atoms. The first-order valence-corrected chi connectivity index (χ1v) is 8.65. The number of rotatable bonds is 5. The van der Waals surface area contributed by atoms with Gasteiger partial charge in [-0.25, -0.2) is 0 Å². The van der Waals surface area contributed by atoms with Gasteiger partial charge in [0.2, 0.25) is 5.91 Å². The largest absolute Gasteiger partial charge is 0.340 e. The van der Waals surface area contributed by atoms with E-state index in [0.29, 0.717) is 18.4 Å². The van der Waals surface area contributed by atoms with Gasteiger partial charge in [-0.1, -0.05) is 28.1 Å². The van der Waals surface area contributed by atoms with Crippen LogP contribution in [0, 0.1) is 0 Å². The minimum absolute atomic E-state index is 0.265. The number of unbranched alkanes of at least 4 members (excludes halogenated alkanes) is 1. The van der Waals surface area contributed by atoms with Crippen molar-refractivity contribution in [3.05, 3.63) is 34.3 Å². The molecule has 1 fully saturated rings. The number of hydrogen-bond acceptors (Lipinski definition) is 2. The number of likely N-dealkylation sites (tertiary alicyclic amines) is 1. The van der Waals surface area contributed by atoms with Crippen molar-refractivity contribution in [3.63, 3.8) is 0 Å². The number of benzene rings is 1. The molecule has 116 valence electrons. The van der Waals surface area contributed by atoms with E-state index in [4.69, 9.17) is 5.73 Å². The predicted molar refractivity (Wildman–Crippen MR) is 90.1 cm³/mol. The first-order valence-electron chi connectivity index (χ1n) is 7.86. The third kappa shape index (κ3) is 5.11. The zero-order chi connectivity index (χ0) is 15.2. The van der Waals surface area contributed by atoms with E-state index in [1.54, 1.807) is 0 Å². The van der Waals surface area contributed by atoms with Crippen LogP contribution in [0.2, 0.25) is 0 Å². The highest BCUT2D eigenvalue weighted by Crippen LogP contribution is 2.18. The van der Waals surface area contributed by atoms with Crippen molar-refractivity contribution in [1.82, 2.24) is 4.90 Å². The van der Waals surface area contributed by atoms with Crippen LogP contribution in [0.5, 0.6) is 0 Å². The lowest BCUT2D eigenvalue weighted by molar-refractivity contribution is -0.134. The topological polar surface area (TPSA) is 46.3 Å². The van der Waals surface area contributed by atoms with Crippen LogP contribution in [0.4, 0.5) is 0 Å². The lowest BCUT2D eigenvalue weighted by Gasteiger charge is -2.36. The molecule has 0 radical (unpaired) electrons. The Labute approximate surface area is 136 Å². The number of nitrogens with two attached hydrogens (primary N) is 1. The van der Waals surface area contributed by atoms with Crippen molar-refractivity contribution in [1.29, 1.82) is 0 Å². The van der Waals surface area contributed by atoms with Crippen molar-refractivity contribution in [2.75, 3.05) is 6.54 Å². The van der Waals surface area contributed by atoms with Gasteiger partial charge in [-0.3, -0.25) is 4.79 Å². The Morgan fingerprint density at radius 1 is 1.33 bits per heavy atom. The minimum Gasteiger partial charge on any atom is -0.340 e. The maximum atomic E-state index is 12.3. The zero-order valence-corrected chi connectivity index (χ0v) is 14.3. The molecule has 0 saturated carbocycles. The summed E-state index contributed by atoms with van der Waals surface area (Å²) in [7, 11) is 0. The molecule has 0 aromatic heterocycles. The SMILES string of the molecule is C[C@H]1C[C@@H](N)CCN1C(=O)CCCCc1ccc(Br)cc1. The lowest BCUT2D eigenvalue weighted by atomic mass is 9.98. The molecule has 1 amide bonds. The third-order valence-corrected chi connectivity index (χ3v) is 4.79. The molecule has 1 aliphatic rings. The number of aryl methyl sites for hydroxylation is 1. The molecule has 2 N–H and O–H groups in total. The second-order valence-electron chi connectivity index (χ2n) is 6.05. The van der Waals surface area contributed by atoms with E-state index < -0.39 is 0 Å². The van der Waals surface area contributed by atoms with E-state index in [1.165, 1.54) is 5.56 Å². The van der Waals surface area contributed by atoms with Gasteiger partial charge >= 0.3 is 0 Å². The number of nitrogens with zero attached hydrogens (tertiary/aromatic N) is 1. The smallest absolute Gasteiger partial charge is 0.222 e. The molecule has 0 unspecified atom stereocenters. The highest BCUT2D eigenvalue weighted by atomic mass is 79.9. The van der Waals surface area contributed by atoms with Crippen LogP contribution in [0.1, 0.15) is 44.6 Å². The molecule has 1 aliphatic heterocycles. The number of carbonyl (C=O) groups is 1. The summed E-state index contributed by atoms with van der Waals surface area (Å²) in [5.41, 5.74) is 7.28. The van der Waals surface area contributed by atoms with Crippen LogP contribution >= 0.6 is 15.9 Å². The number of halogens is 1. The van der Waals surface area contributed by atoms with Gasteiger partial charge in [-0.15, -0.1) is 0 Å². The van der Waals surface area contributed by atoms with E-state index >= 15 is 0 Å². The molecule has 1 aromatic rings. The highest BCUT2D eigenvalue weighted by Gasteiger charge is 2.26. The molecule has 1 aromatic carbocycles. The third-order valence-electron chi connectivity index (χ3n) is 4.26. The quantitative estimate of drug-likeness (QED) is 0.824. The monoisotopic (exact) mass is 352 g/mol. The molecule has 4 heteroatoms. The summed E-state index contributed by atoms with van der Waals surface area (Å²) in [6.07, 6.45) is 5.61. The summed E-state index contributed by atoms with van der Waals surface area (Å²) in [6.45, 7) is 2.94. The number of amides is 1. The van der Waals surface area contributed by atoms with Gasteiger partial charge in [0.05, 0.1) is 0 Å². The standard InChI is InChI=1S/C17H25BrN2O/c1-13-12-16(19)10-11-20(13)17(21)5-3-2-4-14-6-8-15(18)9-7-14/h6-9,13,16H,2-5,10-12,19H2,1H3/t13-,16-/m0/s1. The van der Waals surface area contributed by atoms with Crippen molar-refractivity contribution in [2.24, 2.45) is 5.73 Å². The van der Waals surface area contributed by atoms with E-state index in [0.717, 1.165) is 43.1 Å². The average Bonchev–Trinajstić information content (AvgIpc) is 2.45. The van der Waals surface area contributed by atoms with Crippen LogP contribution in [0.15, 0.2) is 28.7 Å². The van der Waals surface area contributed by atoms with Crippen LogP contribution in [-0.4, -0.2) is 29.4 Å². The first-order chi connectivity index (χ1) is 10.1. The molecule has 0 aliphatic carbocycles. The maximum Gasteiger partial charge on any atom is 0.222 e. The Hall–Kier alpha value is -0.870. The summed E-state index contributed by atoms with van der Waals surface area (Å²) in [5, 5.41) is 0. The molecular weight excluding hydrogens is 328 g/mol. The van der Waals surface area contributed by atoms with E-state index in [9.17, 15) is 4.79 Å². The van der Waals surface area contributed by atoms with E-state index in [2.05, 4.69) is 47.1 Å². The highest BCUT2D eigenvalue weighted by molar-refractivity contribution is 9.10. The van der Waals surface area contributed by atoms with Gasteiger partial charge in [0.1, 0.15) is 0 Å². The van der Waals surface area contributed by atoms with Crippen molar-refractivity contribution in [2.45, 2.75) is 57.5 Å². The van der Waals surface area contributed by atoms with Crippen molar-refractivity contribution < 1.29 is 4.79 Å². The number of piperidine rings is 1. The van der Waals surface area contributed by atoms with E-state index in [1.807, 2.05) is 4.90 Å². The van der Waals surface area contributed by atoms with Crippen molar-refractivity contribution >= 4 is 21.8 Å². The summed E-state index contributed by atoms with van der Waals surface area (Å²) in [4.78, 5) is 14.3. The summed E-state index contributed by atoms with van der Waals surface area (Å²) < 4.78 is 1.11. The van der Waals surface area contributed by atoms with Crippen LogP contribution < -0.4 is 5.73 Å². The van der Waals surface area contributed by atoms with Gasteiger partial charge in [-0.05, 0) is 56.7 Å². The predicted octanol–water partition coefficient (Wildman–Crippen LogP) is 3.50. The average molecular weight is 353 g/mol. The zero-order valence-electron chi connectivity index (χ0n) is 12.7. The van der Waals surface area contributed by atoms with Gasteiger partial charge in [0.15, 0.2) is 0 Å².